The van der Waals surface area contributed by atoms with Gasteiger partial charge >= 0.3 is 6.09 Å². The highest BCUT2D eigenvalue weighted by Gasteiger charge is 2.33. The van der Waals surface area contributed by atoms with Crippen molar-refractivity contribution in [2.75, 3.05) is 13.1 Å². The number of carbonyl (C=O) groups excluding carboxylic acids is 1. The molecule has 9 heteroatoms. The van der Waals surface area contributed by atoms with Gasteiger partial charge in [0.05, 0.1) is 5.75 Å². The Kier molecular flexibility index (Phi) is 7.10. The molecule has 1 amide bonds. The molecule has 1 N–H and O–H groups in total. The van der Waals surface area contributed by atoms with E-state index in [1.165, 1.54) is 22.5 Å². The molecule has 0 spiro atoms. The zero-order chi connectivity index (χ0) is 20.2. The molecule has 0 aliphatic carbocycles. The first-order valence-electron chi connectivity index (χ1n) is 8.89. The average Bonchev–Trinajstić information content (AvgIpc) is 2.55. The number of hydrogen-bond donors (Lipinski definition) is 1. The van der Waals surface area contributed by atoms with Gasteiger partial charge in [0.2, 0.25) is 10.0 Å². The van der Waals surface area contributed by atoms with E-state index in [2.05, 4.69) is 5.32 Å². The van der Waals surface area contributed by atoms with Gasteiger partial charge in [0.1, 0.15) is 11.4 Å². The number of hydrogen-bond acceptors (Lipinski definition) is 4. The first-order valence-corrected chi connectivity index (χ1v) is 10.9. The Morgan fingerprint density at radius 2 is 2.07 bits per heavy atom. The van der Waals surface area contributed by atoms with Gasteiger partial charge in [-0.15, -0.1) is 0 Å². The van der Waals surface area contributed by atoms with Gasteiger partial charge in [-0.3, -0.25) is 0 Å². The summed E-state index contributed by atoms with van der Waals surface area (Å²) in [6.45, 7) is 5.72. The van der Waals surface area contributed by atoms with Crippen LogP contribution in [0.1, 0.15) is 45.6 Å². The number of nitrogens with zero attached hydrogens (tertiary/aromatic N) is 1. The van der Waals surface area contributed by atoms with Gasteiger partial charge in [-0.1, -0.05) is 24.1 Å². The van der Waals surface area contributed by atoms with Crippen molar-refractivity contribution in [1.29, 1.82) is 0 Å². The molecule has 1 atom stereocenters. The molecule has 1 unspecified atom stereocenters. The molecule has 1 aromatic rings. The van der Waals surface area contributed by atoms with Crippen LogP contribution in [0, 0.1) is 5.82 Å². The third kappa shape index (κ3) is 6.33. The summed E-state index contributed by atoms with van der Waals surface area (Å²) in [4.78, 5) is 11.9. The largest absolute Gasteiger partial charge is 0.444 e. The lowest BCUT2D eigenvalue weighted by Gasteiger charge is -2.35. The second-order valence-corrected chi connectivity index (χ2v) is 9.93. The molecule has 1 saturated heterocycles. The Morgan fingerprint density at radius 3 is 2.70 bits per heavy atom. The first-order chi connectivity index (χ1) is 12.5. The van der Waals surface area contributed by atoms with E-state index < -0.39 is 39.3 Å². The van der Waals surface area contributed by atoms with Crippen molar-refractivity contribution in [1.82, 2.24) is 9.62 Å². The average molecular weight is 421 g/mol. The van der Waals surface area contributed by atoms with Crippen molar-refractivity contribution in [3.63, 3.8) is 0 Å². The number of rotatable bonds is 5. The predicted molar refractivity (Wildman–Crippen MR) is 103 cm³/mol. The predicted octanol–water partition coefficient (Wildman–Crippen LogP) is 3.69. The number of benzene rings is 1. The zero-order valence-electron chi connectivity index (χ0n) is 15.8. The molecule has 0 saturated carbocycles. The van der Waals surface area contributed by atoms with Crippen LogP contribution in [-0.4, -0.2) is 43.5 Å². The van der Waals surface area contributed by atoms with Gasteiger partial charge in [-0.25, -0.2) is 17.6 Å². The van der Waals surface area contributed by atoms with Gasteiger partial charge in [0.25, 0.3) is 0 Å². The van der Waals surface area contributed by atoms with Gasteiger partial charge in [0.15, 0.2) is 0 Å². The standard InChI is InChI=1S/C18H26ClFN2O4S/c1-18(2,3)26-17(23)21-11-13-7-4-5-10-22(13)27(24,25)12-14-15(19)8-6-9-16(14)20/h6,8-9,13H,4-5,7,10-12H2,1-3H3,(H,21,23). The third-order valence-electron chi connectivity index (χ3n) is 4.20. The maximum Gasteiger partial charge on any atom is 0.407 e. The molecule has 1 fully saturated rings. The van der Waals surface area contributed by atoms with E-state index in [1.54, 1.807) is 20.8 Å². The fourth-order valence-electron chi connectivity index (χ4n) is 3.00. The van der Waals surface area contributed by atoms with Crippen LogP contribution in [0.5, 0.6) is 0 Å². The minimum Gasteiger partial charge on any atom is -0.444 e. The second-order valence-electron chi connectivity index (χ2n) is 7.60. The fraction of sp³-hybridized carbons (Fsp3) is 0.611. The van der Waals surface area contributed by atoms with Crippen molar-refractivity contribution >= 4 is 27.7 Å². The number of carbonyl (C=O) groups is 1. The van der Waals surface area contributed by atoms with Crippen molar-refractivity contribution in [2.45, 2.75) is 57.4 Å². The highest BCUT2D eigenvalue weighted by atomic mass is 35.5. The molecule has 0 radical (unpaired) electrons. The van der Waals surface area contributed by atoms with Gasteiger partial charge in [0, 0.05) is 29.7 Å². The van der Waals surface area contributed by atoms with Crippen LogP contribution >= 0.6 is 11.6 Å². The summed E-state index contributed by atoms with van der Waals surface area (Å²) >= 11 is 5.98. The van der Waals surface area contributed by atoms with E-state index in [0.29, 0.717) is 19.4 Å². The van der Waals surface area contributed by atoms with Crippen molar-refractivity contribution in [3.05, 3.63) is 34.6 Å². The molecule has 1 aromatic carbocycles. The smallest absolute Gasteiger partial charge is 0.407 e. The van der Waals surface area contributed by atoms with E-state index in [0.717, 1.165) is 6.42 Å². The summed E-state index contributed by atoms with van der Waals surface area (Å²) in [7, 11) is -3.80. The highest BCUT2D eigenvalue weighted by molar-refractivity contribution is 7.88. The summed E-state index contributed by atoms with van der Waals surface area (Å²) in [6.07, 6.45) is 1.59. The van der Waals surface area contributed by atoms with Gasteiger partial charge in [-0.2, -0.15) is 4.31 Å². The van der Waals surface area contributed by atoms with Crippen LogP contribution in [0.2, 0.25) is 5.02 Å². The molecule has 6 nitrogen and oxygen atoms in total. The summed E-state index contributed by atoms with van der Waals surface area (Å²) in [6, 6.07) is 3.69. The quantitative estimate of drug-likeness (QED) is 0.788. The summed E-state index contributed by atoms with van der Waals surface area (Å²) < 4.78 is 46.4. The number of piperidine rings is 1. The van der Waals surface area contributed by atoms with E-state index in [9.17, 15) is 17.6 Å². The lowest BCUT2D eigenvalue weighted by atomic mass is 10.1. The number of alkyl carbamates (subject to hydrolysis) is 1. The van der Waals surface area contributed by atoms with Crippen LogP contribution < -0.4 is 5.32 Å². The fourth-order valence-corrected chi connectivity index (χ4v) is 5.17. The maximum absolute atomic E-state index is 14.0. The number of ether oxygens (including phenoxy) is 1. The molecule has 2 rings (SSSR count). The molecule has 152 valence electrons. The van der Waals surface area contributed by atoms with E-state index in [-0.39, 0.29) is 17.1 Å². The third-order valence-corrected chi connectivity index (χ3v) is 6.40. The minimum absolute atomic E-state index is 0.0383. The highest BCUT2D eigenvalue weighted by Crippen LogP contribution is 2.26. The molecule has 0 bridgehead atoms. The second kappa shape index (κ2) is 8.75. The van der Waals surface area contributed by atoms with Crippen molar-refractivity contribution in [3.8, 4) is 0 Å². The van der Waals surface area contributed by atoms with Crippen LogP contribution in [0.15, 0.2) is 18.2 Å². The summed E-state index contributed by atoms with van der Waals surface area (Å²) in [5.74, 6) is -1.16. The first kappa shape index (κ1) is 21.9. The van der Waals surface area contributed by atoms with Gasteiger partial charge < -0.3 is 10.1 Å². The number of amides is 1. The Hall–Kier alpha value is -1.38. The molecule has 1 aliphatic heterocycles. The Labute approximate surface area is 165 Å². The van der Waals surface area contributed by atoms with Crippen molar-refractivity contribution in [2.24, 2.45) is 0 Å². The molecule has 1 aliphatic rings. The normalized spacial score (nSPS) is 18.9. The van der Waals surface area contributed by atoms with E-state index >= 15 is 0 Å². The zero-order valence-corrected chi connectivity index (χ0v) is 17.4. The van der Waals surface area contributed by atoms with Gasteiger partial charge in [-0.05, 0) is 45.7 Å². The topological polar surface area (TPSA) is 75.7 Å². The minimum atomic E-state index is -3.80. The number of halogens is 2. The summed E-state index contributed by atoms with van der Waals surface area (Å²) in [5, 5.41) is 2.71. The Balaban J connectivity index is 2.10. The maximum atomic E-state index is 14.0. The number of sulfonamides is 1. The SMILES string of the molecule is CC(C)(C)OC(=O)NCC1CCCCN1S(=O)(=O)Cc1c(F)cccc1Cl. The van der Waals surface area contributed by atoms with E-state index in [4.69, 9.17) is 16.3 Å². The van der Waals surface area contributed by atoms with Crippen LogP contribution in [-0.2, 0) is 20.5 Å². The lowest BCUT2D eigenvalue weighted by molar-refractivity contribution is 0.0512. The Bertz CT molecular complexity index is 760. The molecule has 27 heavy (non-hydrogen) atoms. The molecular formula is C18H26ClFN2O4S. The molecule has 0 aromatic heterocycles. The molecular weight excluding hydrogens is 395 g/mol. The van der Waals surface area contributed by atoms with Crippen LogP contribution in [0.25, 0.3) is 0 Å². The van der Waals surface area contributed by atoms with Crippen LogP contribution in [0.3, 0.4) is 0 Å². The molecule has 1 heterocycles. The van der Waals surface area contributed by atoms with Crippen molar-refractivity contribution < 1.29 is 22.3 Å². The van der Waals surface area contributed by atoms with Crippen LogP contribution in [0.4, 0.5) is 9.18 Å². The Morgan fingerprint density at radius 1 is 1.37 bits per heavy atom. The summed E-state index contributed by atoms with van der Waals surface area (Å²) in [5.41, 5.74) is -0.673. The number of nitrogens with one attached hydrogen (secondary N) is 1. The van der Waals surface area contributed by atoms with E-state index in [1.807, 2.05) is 0 Å². The lowest BCUT2D eigenvalue weighted by Crippen LogP contribution is -2.50. The monoisotopic (exact) mass is 420 g/mol.